The Bertz CT molecular complexity index is 193. The summed E-state index contributed by atoms with van der Waals surface area (Å²) < 4.78 is 0. The molecule has 0 bridgehead atoms. The number of rotatable bonds is 0. The van der Waals surface area contributed by atoms with Gasteiger partial charge in [-0.05, 0) is 6.92 Å². The number of carbonyl (C=O) groups is 1. The zero-order valence-corrected chi connectivity index (χ0v) is 5.16. The van der Waals surface area contributed by atoms with Crippen molar-refractivity contribution in [1.29, 1.82) is 0 Å². The van der Waals surface area contributed by atoms with Gasteiger partial charge in [0.25, 0.3) is 5.91 Å². The molecule has 0 aromatic rings. The van der Waals surface area contributed by atoms with Crippen molar-refractivity contribution in [3.63, 3.8) is 0 Å². The smallest absolute Gasteiger partial charge is 0.269 e. The molecule has 48 valence electrons. The summed E-state index contributed by atoms with van der Waals surface area (Å²) in [4.78, 5) is 14.1. The average Bonchev–Trinajstić information content (AvgIpc) is 1.80. The highest BCUT2D eigenvalue weighted by Crippen LogP contribution is 1.96. The van der Waals surface area contributed by atoms with Crippen LogP contribution in [0.4, 0.5) is 0 Å². The third-order valence-corrected chi connectivity index (χ3v) is 1.22. The van der Waals surface area contributed by atoms with Crippen molar-refractivity contribution >= 4 is 11.6 Å². The molecule has 0 fully saturated rings. The Morgan fingerprint density at radius 2 is 2.44 bits per heavy atom. The SMILES string of the molecule is CC1=NC(=O)C=CC1N. The zero-order valence-electron chi connectivity index (χ0n) is 5.16. The Kier molecular flexibility index (Phi) is 1.44. The van der Waals surface area contributed by atoms with Gasteiger partial charge < -0.3 is 5.73 Å². The largest absolute Gasteiger partial charge is 0.320 e. The van der Waals surface area contributed by atoms with Crippen LogP contribution < -0.4 is 5.73 Å². The number of carbonyl (C=O) groups excluding carboxylic acids is 1. The molecule has 3 nitrogen and oxygen atoms in total. The van der Waals surface area contributed by atoms with Crippen molar-refractivity contribution in [2.45, 2.75) is 13.0 Å². The summed E-state index contributed by atoms with van der Waals surface area (Å²) in [5.74, 6) is -0.214. The van der Waals surface area contributed by atoms with Crippen molar-refractivity contribution in [3.8, 4) is 0 Å². The predicted octanol–water partition coefficient (Wildman–Crippen LogP) is -0.129. The molecule has 0 aliphatic carbocycles. The van der Waals surface area contributed by atoms with Gasteiger partial charge in [0, 0.05) is 11.8 Å². The number of amides is 1. The zero-order chi connectivity index (χ0) is 6.85. The lowest BCUT2D eigenvalue weighted by molar-refractivity contribution is -0.113. The molecule has 3 heteroatoms. The second-order valence-corrected chi connectivity index (χ2v) is 1.98. The van der Waals surface area contributed by atoms with Crippen LogP contribution in [-0.4, -0.2) is 17.7 Å². The van der Waals surface area contributed by atoms with E-state index in [1.54, 1.807) is 13.0 Å². The van der Waals surface area contributed by atoms with Gasteiger partial charge >= 0.3 is 0 Å². The van der Waals surface area contributed by atoms with Crippen molar-refractivity contribution in [2.75, 3.05) is 0 Å². The molecule has 1 aliphatic rings. The van der Waals surface area contributed by atoms with Crippen molar-refractivity contribution in [3.05, 3.63) is 12.2 Å². The van der Waals surface area contributed by atoms with E-state index in [1.807, 2.05) is 0 Å². The summed E-state index contributed by atoms with van der Waals surface area (Å²) in [5.41, 5.74) is 6.15. The van der Waals surface area contributed by atoms with Crippen molar-refractivity contribution in [2.24, 2.45) is 10.7 Å². The maximum atomic E-state index is 10.5. The van der Waals surface area contributed by atoms with Gasteiger partial charge in [-0.2, -0.15) is 0 Å². The first-order chi connectivity index (χ1) is 4.20. The van der Waals surface area contributed by atoms with E-state index in [-0.39, 0.29) is 11.9 Å². The van der Waals surface area contributed by atoms with Crippen LogP contribution in [0.25, 0.3) is 0 Å². The van der Waals surface area contributed by atoms with Gasteiger partial charge in [0.05, 0.1) is 6.04 Å². The maximum absolute atomic E-state index is 10.5. The lowest BCUT2D eigenvalue weighted by Gasteiger charge is -2.07. The number of nitrogens with two attached hydrogens (primary N) is 1. The highest BCUT2D eigenvalue weighted by atomic mass is 16.1. The molecule has 0 aromatic heterocycles. The Balaban J connectivity index is 2.82. The van der Waals surface area contributed by atoms with Gasteiger partial charge in [0.1, 0.15) is 0 Å². The lowest BCUT2D eigenvalue weighted by Crippen LogP contribution is -2.29. The van der Waals surface area contributed by atoms with E-state index < -0.39 is 0 Å². The molecule has 0 spiro atoms. The third kappa shape index (κ3) is 1.23. The standard InChI is InChI=1S/C6H8N2O/c1-4-5(7)2-3-6(9)8-4/h2-3,5H,7H2,1H3. The van der Waals surface area contributed by atoms with E-state index in [2.05, 4.69) is 4.99 Å². The van der Waals surface area contributed by atoms with E-state index in [9.17, 15) is 4.79 Å². The fourth-order valence-corrected chi connectivity index (χ4v) is 0.611. The first-order valence-corrected chi connectivity index (χ1v) is 2.73. The Morgan fingerprint density at radius 3 is 2.89 bits per heavy atom. The highest BCUT2D eigenvalue weighted by Gasteiger charge is 2.08. The van der Waals surface area contributed by atoms with E-state index >= 15 is 0 Å². The molecule has 0 saturated carbocycles. The number of nitrogens with zero attached hydrogens (tertiary/aromatic N) is 1. The molecular weight excluding hydrogens is 116 g/mol. The molecule has 0 aromatic carbocycles. The van der Waals surface area contributed by atoms with E-state index in [4.69, 9.17) is 5.73 Å². The van der Waals surface area contributed by atoms with Gasteiger partial charge in [-0.25, -0.2) is 4.99 Å². The monoisotopic (exact) mass is 124 g/mol. The van der Waals surface area contributed by atoms with Crippen LogP contribution in [0, 0.1) is 0 Å². The molecule has 1 rings (SSSR count). The number of aliphatic imine (C=N–C) groups is 1. The second-order valence-electron chi connectivity index (χ2n) is 1.98. The summed E-state index contributed by atoms with van der Waals surface area (Å²) in [5, 5.41) is 0. The molecular formula is C6H8N2O. The summed E-state index contributed by atoms with van der Waals surface area (Å²) in [6.07, 6.45) is 3.03. The fraction of sp³-hybridized carbons (Fsp3) is 0.333. The molecule has 9 heavy (non-hydrogen) atoms. The van der Waals surface area contributed by atoms with Crippen LogP contribution in [0.2, 0.25) is 0 Å². The van der Waals surface area contributed by atoms with Gasteiger partial charge in [-0.15, -0.1) is 0 Å². The topological polar surface area (TPSA) is 55.5 Å². The molecule has 1 unspecified atom stereocenters. The van der Waals surface area contributed by atoms with Gasteiger partial charge in [0.15, 0.2) is 0 Å². The average molecular weight is 124 g/mol. The van der Waals surface area contributed by atoms with E-state index in [1.165, 1.54) is 6.08 Å². The van der Waals surface area contributed by atoms with Crippen LogP contribution in [0.3, 0.4) is 0 Å². The summed E-state index contributed by atoms with van der Waals surface area (Å²) >= 11 is 0. The van der Waals surface area contributed by atoms with E-state index in [0.717, 1.165) is 0 Å². The van der Waals surface area contributed by atoms with Crippen LogP contribution >= 0.6 is 0 Å². The minimum atomic E-state index is -0.214. The second kappa shape index (κ2) is 2.11. The van der Waals surface area contributed by atoms with E-state index in [0.29, 0.717) is 5.71 Å². The lowest BCUT2D eigenvalue weighted by atomic mass is 10.1. The van der Waals surface area contributed by atoms with Crippen molar-refractivity contribution < 1.29 is 4.79 Å². The minimum Gasteiger partial charge on any atom is -0.320 e. The summed E-state index contributed by atoms with van der Waals surface area (Å²) in [6, 6.07) is -0.164. The number of hydrogen-bond acceptors (Lipinski definition) is 2. The van der Waals surface area contributed by atoms with Crippen LogP contribution in [0.1, 0.15) is 6.92 Å². The molecule has 1 amide bonds. The summed E-state index contributed by atoms with van der Waals surface area (Å²) in [7, 11) is 0. The number of hydrogen-bond donors (Lipinski definition) is 1. The predicted molar refractivity (Wildman–Crippen MR) is 35.2 cm³/mol. The maximum Gasteiger partial charge on any atom is 0.269 e. The molecule has 0 saturated heterocycles. The summed E-state index contributed by atoms with van der Waals surface area (Å²) in [6.45, 7) is 1.74. The minimum absolute atomic E-state index is 0.164. The Hall–Kier alpha value is -0.960. The molecule has 1 aliphatic heterocycles. The number of dihydropyridines is 1. The third-order valence-electron chi connectivity index (χ3n) is 1.22. The Morgan fingerprint density at radius 1 is 1.78 bits per heavy atom. The van der Waals surface area contributed by atoms with Crippen molar-refractivity contribution in [1.82, 2.24) is 0 Å². The fourth-order valence-electron chi connectivity index (χ4n) is 0.611. The molecule has 2 N–H and O–H groups in total. The highest BCUT2D eigenvalue weighted by molar-refractivity contribution is 6.05. The molecule has 0 radical (unpaired) electrons. The van der Waals surface area contributed by atoms with Gasteiger partial charge in [0.2, 0.25) is 0 Å². The first kappa shape index (κ1) is 6.16. The van der Waals surface area contributed by atoms with Crippen LogP contribution in [0.5, 0.6) is 0 Å². The molecule has 1 atom stereocenters. The molecule has 1 heterocycles. The Labute approximate surface area is 53.3 Å². The quantitative estimate of drug-likeness (QED) is 0.489. The van der Waals surface area contributed by atoms with Gasteiger partial charge in [-0.3, -0.25) is 4.79 Å². The normalized spacial score (nSPS) is 26.2. The van der Waals surface area contributed by atoms with Crippen LogP contribution in [0.15, 0.2) is 17.1 Å². The first-order valence-electron chi connectivity index (χ1n) is 2.73. The van der Waals surface area contributed by atoms with Crippen LogP contribution in [-0.2, 0) is 4.79 Å². The van der Waals surface area contributed by atoms with Gasteiger partial charge in [-0.1, -0.05) is 6.08 Å².